The number of rotatable bonds is 1. The highest BCUT2D eigenvalue weighted by Gasteiger charge is 2.31. The van der Waals surface area contributed by atoms with E-state index in [0.29, 0.717) is 10.0 Å². The monoisotopic (exact) mass is 283 g/mol. The van der Waals surface area contributed by atoms with Gasteiger partial charge in [-0.1, -0.05) is 0 Å². The molecule has 1 aliphatic rings. The van der Waals surface area contributed by atoms with E-state index in [1.54, 1.807) is 6.92 Å². The van der Waals surface area contributed by atoms with Gasteiger partial charge in [0, 0.05) is 16.1 Å². The lowest BCUT2D eigenvalue weighted by Gasteiger charge is -2.16. The second kappa shape index (κ2) is 3.83. The van der Waals surface area contributed by atoms with Gasteiger partial charge >= 0.3 is 0 Å². The summed E-state index contributed by atoms with van der Waals surface area (Å²) < 4.78 is 13.6. The van der Waals surface area contributed by atoms with Crippen LogP contribution in [0.2, 0.25) is 0 Å². The minimum absolute atomic E-state index is 0.225. The molecule has 0 aliphatic carbocycles. The van der Waals surface area contributed by atoms with Gasteiger partial charge < -0.3 is 0 Å². The highest BCUT2D eigenvalue weighted by Crippen LogP contribution is 2.30. The summed E-state index contributed by atoms with van der Waals surface area (Å²) in [5.41, 5.74) is 0.573. The summed E-state index contributed by atoms with van der Waals surface area (Å²) in [5, 5.41) is 0. The van der Waals surface area contributed by atoms with Crippen LogP contribution in [0, 0.1) is 5.82 Å². The number of hydrogen-bond acceptors (Lipinski definition) is 2. The van der Waals surface area contributed by atoms with Gasteiger partial charge in [-0.05, 0) is 41.1 Å². The Kier molecular flexibility index (Phi) is 2.63. The topological polar surface area (TPSA) is 37.4 Å². The molecular formula is C11H7BrFNO2. The quantitative estimate of drug-likeness (QED) is 0.743. The number of imide groups is 1. The van der Waals surface area contributed by atoms with Gasteiger partial charge in [-0.2, -0.15) is 0 Å². The number of carbonyl (C=O) groups is 2. The fourth-order valence-electron chi connectivity index (χ4n) is 1.47. The number of halogens is 2. The van der Waals surface area contributed by atoms with E-state index in [1.807, 2.05) is 0 Å². The van der Waals surface area contributed by atoms with Gasteiger partial charge in [0.2, 0.25) is 0 Å². The van der Waals surface area contributed by atoms with E-state index in [2.05, 4.69) is 15.9 Å². The first kappa shape index (κ1) is 11.0. The van der Waals surface area contributed by atoms with Crippen LogP contribution in [0.3, 0.4) is 0 Å². The minimum Gasteiger partial charge on any atom is -0.269 e. The molecule has 0 saturated heterocycles. The Morgan fingerprint density at radius 3 is 2.56 bits per heavy atom. The molecule has 1 aliphatic heterocycles. The summed E-state index contributed by atoms with van der Waals surface area (Å²) in [6, 6.07) is 3.85. The molecule has 2 amide bonds. The van der Waals surface area contributed by atoms with E-state index in [1.165, 1.54) is 18.2 Å². The molecule has 2 rings (SSSR count). The van der Waals surface area contributed by atoms with Crippen LogP contribution in [0.15, 0.2) is 34.3 Å². The first-order valence-electron chi connectivity index (χ1n) is 4.52. The second-order valence-electron chi connectivity index (χ2n) is 3.40. The number of amides is 2. The number of benzene rings is 1. The van der Waals surface area contributed by atoms with E-state index in [-0.39, 0.29) is 5.69 Å². The molecule has 0 saturated carbocycles. The molecule has 0 radical (unpaired) electrons. The predicted octanol–water partition coefficient (Wildman–Crippen LogP) is 2.41. The van der Waals surface area contributed by atoms with Crippen molar-refractivity contribution in [1.82, 2.24) is 0 Å². The first-order valence-corrected chi connectivity index (χ1v) is 5.32. The summed E-state index contributed by atoms with van der Waals surface area (Å²) in [5.74, 6) is -1.37. The minimum atomic E-state index is -0.497. The molecule has 1 aromatic carbocycles. The van der Waals surface area contributed by atoms with Crippen molar-refractivity contribution < 1.29 is 14.0 Å². The Hall–Kier alpha value is -1.49. The van der Waals surface area contributed by atoms with Crippen molar-refractivity contribution in [3.63, 3.8) is 0 Å². The maximum absolute atomic E-state index is 13.1. The Morgan fingerprint density at radius 2 is 2.00 bits per heavy atom. The van der Waals surface area contributed by atoms with Gasteiger partial charge in [0.1, 0.15) is 5.82 Å². The van der Waals surface area contributed by atoms with Crippen molar-refractivity contribution in [2.75, 3.05) is 4.90 Å². The molecule has 0 bridgehead atoms. The third-order valence-electron chi connectivity index (χ3n) is 2.25. The average molecular weight is 284 g/mol. The van der Waals surface area contributed by atoms with Gasteiger partial charge in [0.15, 0.2) is 0 Å². The maximum atomic E-state index is 13.1. The van der Waals surface area contributed by atoms with E-state index < -0.39 is 17.6 Å². The molecule has 82 valence electrons. The lowest BCUT2D eigenvalue weighted by atomic mass is 10.2. The zero-order valence-electron chi connectivity index (χ0n) is 8.33. The lowest BCUT2D eigenvalue weighted by molar-refractivity contribution is -0.120. The predicted molar refractivity (Wildman–Crippen MR) is 60.4 cm³/mol. The van der Waals surface area contributed by atoms with Gasteiger partial charge in [0.25, 0.3) is 11.8 Å². The Balaban J connectivity index is 2.50. The Bertz CT molecular complexity index is 525. The molecule has 0 spiro atoms. The third kappa shape index (κ3) is 1.67. The fraction of sp³-hybridized carbons (Fsp3) is 0.0909. The van der Waals surface area contributed by atoms with Crippen LogP contribution in [-0.2, 0) is 9.59 Å². The normalized spacial score (nSPS) is 15.7. The Labute approximate surface area is 99.7 Å². The van der Waals surface area contributed by atoms with E-state index >= 15 is 0 Å². The largest absolute Gasteiger partial charge is 0.269 e. The van der Waals surface area contributed by atoms with Crippen molar-refractivity contribution in [3.05, 3.63) is 40.1 Å². The summed E-state index contributed by atoms with van der Waals surface area (Å²) in [6.45, 7) is 1.55. The maximum Gasteiger partial charge on any atom is 0.261 e. The van der Waals surface area contributed by atoms with Crippen LogP contribution in [0.5, 0.6) is 0 Å². The SMILES string of the molecule is CC1=CC(=O)N(c2cc(F)ccc2Br)C1=O. The van der Waals surface area contributed by atoms with Gasteiger partial charge in [-0.3, -0.25) is 9.59 Å². The highest BCUT2D eigenvalue weighted by molar-refractivity contribution is 9.10. The van der Waals surface area contributed by atoms with Crippen molar-refractivity contribution in [1.29, 1.82) is 0 Å². The van der Waals surface area contributed by atoms with Crippen LogP contribution in [0.1, 0.15) is 6.92 Å². The molecule has 16 heavy (non-hydrogen) atoms. The first-order chi connectivity index (χ1) is 7.50. The summed E-state index contributed by atoms with van der Waals surface area (Å²) in [6.07, 6.45) is 1.24. The molecule has 0 unspecified atom stereocenters. The standard InChI is InChI=1S/C11H7BrFNO2/c1-6-4-10(15)14(11(6)16)9-5-7(13)2-3-8(9)12/h2-5H,1H3. The molecule has 5 heteroatoms. The van der Waals surface area contributed by atoms with Gasteiger partial charge in [-0.25, -0.2) is 9.29 Å². The molecule has 1 heterocycles. The van der Waals surface area contributed by atoms with Crippen LogP contribution in [0.4, 0.5) is 10.1 Å². The van der Waals surface area contributed by atoms with Crippen LogP contribution in [-0.4, -0.2) is 11.8 Å². The van der Waals surface area contributed by atoms with Gasteiger partial charge in [-0.15, -0.1) is 0 Å². The fourth-order valence-corrected chi connectivity index (χ4v) is 1.90. The van der Waals surface area contributed by atoms with E-state index in [9.17, 15) is 14.0 Å². The third-order valence-corrected chi connectivity index (χ3v) is 2.92. The lowest BCUT2D eigenvalue weighted by Crippen LogP contribution is -2.30. The summed E-state index contributed by atoms with van der Waals surface area (Å²) >= 11 is 3.18. The number of hydrogen-bond donors (Lipinski definition) is 0. The molecule has 0 aromatic heterocycles. The van der Waals surface area contributed by atoms with Gasteiger partial charge in [0.05, 0.1) is 5.69 Å². The van der Waals surface area contributed by atoms with Crippen molar-refractivity contribution in [2.24, 2.45) is 0 Å². The van der Waals surface area contributed by atoms with Crippen LogP contribution in [0.25, 0.3) is 0 Å². The molecule has 0 atom stereocenters. The number of nitrogens with zero attached hydrogens (tertiary/aromatic N) is 1. The number of anilines is 1. The molecule has 1 aromatic rings. The van der Waals surface area contributed by atoms with Crippen LogP contribution < -0.4 is 4.90 Å². The second-order valence-corrected chi connectivity index (χ2v) is 4.26. The van der Waals surface area contributed by atoms with E-state index in [0.717, 1.165) is 11.0 Å². The van der Waals surface area contributed by atoms with Crippen molar-refractivity contribution in [3.8, 4) is 0 Å². The zero-order chi connectivity index (χ0) is 11.9. The van der Waals surface area contributed by atoms with Crippen LogP contribution >= 0.6 is 15.9 Å². The van der Waals surface area contributed by atoms with Crippen molar-refractivity contribution in [2.45, 2.75) is 6.92 Å². The Morgan fingerprint density at radius 1 is 1.31 bits per heavy atom. The highest BCUT2D eigenvalue weighted by atomic mass is 79.9. The number of carbonyl (C=O) groups excluding carboxylic acids is 2. The molecular weight excluding hydrogens is 277 g/mol. The molecule has 3 nitrogen and oxygen atoms in total. The summed E-state index contributed by atoms with van der Waals surface area (Å²) in [7, 11) is 0. The molecule has 0 fully saturated rings. The molecule has 0 N–H and O–H groups in total. The average Bonchev–Trinajstić information content (AvgIpc) is 2.46. The van der Waals surface area contributed by atoms with Crippen molar-refractivity contribution >= 4 is 33.4 Å². The zero-order valence-corrected chi connectivity index (χ0v) is 9.92. The van der Waals surface area contributed by atoms with E-state index in [4.69, 9.17) is 0 Å². The smallest absolute Gasteiger partial charge is 0.261 e. The summed E-state index contributed by atoms with van der Waals surface area (Å²) in [4.78, 5) is 24.2.